The molecule has 2 aromatic carbocycles. The Kier molecular flexibility index (Phi) is 12.2. The Bertz CT molecular complexity index is 1690. The third kappa shape index (κ3) is 10.0. The smallest absolute Gasteiger partial charge is 0.270 e. The van der Waals surface area contributed by atoms with Crippen molar-refractivity contribution in [2.24, 2.45) is 5.92 Å². The molecule has 1 unspecified atom stereocenters. The van der Waals surface area contributed by atoms with Gasteiger partial charge in [0.1, 0.15) is 23.7 Å². The minimum atomic E-state index is -0.950. The van der Waals surface area contributed by atoms with Crippen LogP contribution in [0.15, 0.2) is 66.9 Å². The molecule has 0 aliphatic carbocycles. The average molecular weight is 718 g/mol. The molecule has 272 valence electrons. The predicted octanol–water partition coefficient (Wildman–Crippen LogP) is 3.11. The Labute approximate surface area is 302 Å². The summed E-state index contributed by atoms with van der Waals surface area (Å²) in [4.78, 5) is 74.3. The van der Waals surface area contributed by atoms with E-state index in [-0.39, 0.29) is 42.6 Å². The summed E-state index contributed by atoms with van der Waals surface area (Å²) in [6.07, 6.45) is 3.01. The number of aryl methyl sites for hydroxylation is 1. The fraction of sp³-hybridized carbons (Fsp3) is 0.474. The number of thiazole rings is 1. The van der Waals surface area contributed by atoms with Gasteiger partial charge in [-0.3, -0.25) is 24.0 Å². The summed E-state index contributed by atoms with van der Waals surface area (Å²) in [5.41, 5.74) is 0.898. The molecule has 2 saturated heterocycles. The Morgan fingerprint density at radius 1 is 1.00 bits per heavy atom. The highest BCUT2D eigenvalue weighted by atomic mass is 32.1. The van der Waals surface area contributed by atoms with Gasteiger partial charge in [-0.25, -0.2) is 4.98 Å². The molecule has 0 bridgehead atoms. The van der Waals surface area contributed by atoms with Crippen molar-refractivity contribution >= 4 is 40.7 Å². The van der Waals surface area contributed by atoms with E-state index in [9.17, 15) is 29.1 Å². The summed E-state index contributed by atoms with van der Waals surface area (Å²) in [5.74, 6) is -1.87. The summed E-state index contributed by atoms with van der Waals surface area (Å²) in [5, 5.41) is 18.1. The molecule has 0 saturated carbocycles. The fourth-order valence-corrected chi connectivity index (χ4v) is 7.21. The summed E-state index contributed by atoms with van der Waals surface area (Å²) in [6, 6.07) is 14.9. The molecule has 2 aliphatic rings. The summed E-state index contributed by atoms with van der Waals surface area (Å²) >= 11 is 0.981. The molecule has 4 N–H and O–H groups in total. The van der Waals surface area contributed by atoms with Crippen molar-refractivity contribution in [2.75, 3.05) is 6.61 Å². The zero-order valence-electron chi connectivity index (χ0n) is 29.5. The Hall–Kier alpha value is -4.62. The number of nitrogens with zero attached hydrogens (tertiary/aromatic N) is 2. The number of hydrogen-bond donors (Lipinski definition) is 4. The second-order valence-electron chi connectivity index (χ2n) is 14.1. The molecule has 0 spiro atoms. The number of rotatable bonds is 17. The zero-order valence-corrected chi connectivity index (χ0v) is 30.3. The first kappa shape index (κ1) is 37.6. The molecule has 13 heteroatoms. The lowest BCUT2D eigenvalue weighted by Crippen LogP contribution is -2.57. The Balaban J connectivity index is 1.33. The molecular weight excluding hydrogens is 671 g/mol. The van der Waals surface area contributed by atoms with Crippen LogP contribution in [0.3, 0.4) is 0 Å². The monoisotopic (exact) mass is 717 g/mol. The third-order valence-corrected chi connectivity index (χ3v) is 10.2. The maximum absolute atomic E-state index is 14.1. The van der Waals surface area contributed by atoms with E-state index >= 15 is 0 Å². The summed E-state index contributed by atoms with van der Waals surface area (Å²) in [6.45, 7) is 7.81. The van der Waals surface area contributed by atoms with Gasteiger partial charge in [-0.2, -0.15) is 0 Å². The zero-order chi connectivity index (χ0) is 36.7. The van der Waals surface area contributed by atoms with Gasteiger partial charge in [-0.15, -0.1) is 0 Å². The standard InChI is InChI=1S/C38H47N5O7S/c1-23(2)17-29(33(45)38(4)22-50-38)41-35(47)31(19-26-13-9-6-10-14-26)43-24(3)18-30(36(43)48)42-34(46)28(16-15-25-11-7-5-8-12-25)40-32(44)20-27-21-39-37(49)51-27/h5-14,21,23-24,28-31H,15-20,22H2,1-4H3,(H,39,49)(H,40,44)(H,41,47)(H,42,46)/t24?,28-,29-,30-,31-,38+/m0/s1. The van der Waals surface area contributed by atoms with Crippen LogP contribution in [0, 0.1) is 5.92 Å². The van der Waals surface area contributed by atoms with Crippen molar-refractivity contribution in [3.63, 3.8) is 0 Å². The van der Waals surface area contributed by atoms with Crippen LogP contribution >= 0.6 is 11.3 Å². The molecule has 2 aliphatic heterocycles. The SMILES string of the molecule is CC(C)C[C@H](NC(=O)[C@H](Cc1ccccc1)N1C(=O)[C@@H](NC(=O)[C@H](CCc2ccccc2)NC(=O)Cc2cnc(O)s2)CC1C)C(=O)[C@@]1(C)CO1. The molecule has 2 fully saturated rings. The first-order valence-electron chi connectivity index (χ1n) is 17.4. The number of Topliss-reactive ketones (excluding diaryl/α,β-unsaturated/α-hetero) is 1. The van der Waals surface area contributed by atoms with Crippen molar-refractivity contribution in [3.8, 4) is 5.19 Å². The minimum absolute atomic E-state index is 0.0671. The minimum Gasteiger partial charge on any atom is -0.486 e. The lowest BCUT2D eigenvalue weighted by Gasteiger charge is -2.33. The number of carbonyl (C=O) groups is 5. The van der Waals surface area contributed by atoms with Crippen LogP contribution in [-0.4, -0.2) is 86.8 Å². The largest absolute Gasteiger partial charge is 0.486 e. The number of carbonyl (C=O) groups excluding carboxylic acids is 5. The highest BCUT2D eigenvalue weighted by Gasteiger charge is 2.51. The number of benzene rings is 2. The normalized spacial score (nSPS) is 21.5. The first-order valence-corrected chi connectivity index (χ1v) is 18.3. The van der Waals surface area contributed by atoms with Crippen molar-refractivity contribution in [2.45, 2.75) is 102 Å². The van der Waals surface area contributed by atoms with E-state index in [2.05, 4.69) is 20.9 Å². The van der Waals surface area contributed by atoms with E-state index in [1.54, 1.807) is 6.92 Å². The van der Waals surface area contributed by atoms with Crippen molar-refractivity contribution in [1.29, 1.82) is 0 Å². The highest BCUT2D eigenvalue weighted by Crippen LogP contribution is 2.30. The highest BCUT2D eigenvalue weighted by molar-refractivity contribution is 7.13. The number of hydrogen-bond acceptors (Lipinski definition) is 9. The number of nitrogens with one attached hydrogen (secondary N) is 3. The molecule has 3 heterocycles. The predicted molar refractivity (Wildman–Crippen MR) is 192 cm³/mol. The van der Waals surface area contributed by atoms with Crippen molar-refractivity contribution < 1.29 is 33.8 Å². The van der Waals surface area contributed by atoms with Crippen LogP contribution in [0.4, 0.5) is 0 Å². The maximum atomic E-state index is 14.1. The molecule has 51 heavy (non-hydrogen) atoms. The number of epoxide rings is 1. The molecule has 12 nitrogen and oxygen atoms in total. The molecule has 3 aromatic rings. The van der Waals surface area contributed by atoms with Crippen LogP contribution in [-0.2, 0) is 48.0 Å². The van der Waals surface area contributed by atoms with E-state index in [1.165, 1.54) is 11.1 Å². The molecule has 1 aromatic heterocycles. The fourth-order valence-electron chi connectivity index (χ4n) is 6.56. The molecule has 4 amide bonds. The molecule has 5 rings (SSSR count). The van der Waals surface area contributed by atoms with Gasteiger partial charge in [0.2, 0.25) is 23.6 Å². The van der Waals surface area contributed by atoms with Crippen LogP contribution in [0.25, 0.3) is 0 Å². The van der Waals surface area contributed by atoms with E-state index in [1.807, 2.05) is 81.4 Å². The van der Waals surface area contributed by atoms with E-state index in [0.29, 0.717) is 24.3 Å². The van der Waals surface area contributed by atoms with E-state index < -0.39 is 59.4 Å². The first-order chi connectivity index (χ1) is 24.3. The molecule has 0 radical (unpaired) electrons. The van der Waals surface area contributed by atoms with Gasteiger partial charge in [0.25, 0.3) is 5.19 Å². The van der Waals surface area contributed by atoms with Gasteiger partial charge in [0.15, 0.2) is 5.78 Å². The second kappa shape index (κ2) is 16.6. The van der Waals surface area contributed by atoms with Crippen LogP contribution in [0.2, 0.25) is 0 Å². The molecule has 6 atom stereocenters. The Morgan fingerprint density at radius 2 is 1.65 bits per heavy atom. The van der Waals surface area contributed by atoms with Crippen LogP contribution in [0.5, 0.6) is 5.19 Å². The van der Waals surface area contributed by atoms with Crippen molar-refractivity contribution in [3.05, 3.63) is 82.9 Å². The lowest BCUT2D eigenvalue weighted by molar-refractivity contribution is -0.142. The number of likely N-dealkylation sites (tertiary alicyclic amines) is 1. The van der Waals surface area contributed by atoms with Gasteiger partial charge in [-0.05, 0) is 56.6 Å². The second-order valence-corrected chi connectivity index (χ2v) is 15.2. The van der Waals surface area contributed by atoms with Crippen molar-refractivity contribution in [1.82, 2.24) is 25.8 Å². The van der Waals surface area contributed by atoms with Gasteiger partial charge in [0, 0.05) is 23.5 Å². The third-order valence-electron chi connectivity index (χ3n) is 9.36. The lowest BCUT2D eigenvalue weighted by atomic mass is 9.92. The topological polar surface area (TPSA) is 170 Å². The molecular formula is C38H47N5O7S. The number of amides is 4. The number of aromatic hydroxyl groups is 1. The number of ether oxygens (including phenoxy) is 1. The van der Waals surface area contributed by atoms with Gasteiger partial charge < -0.3 is 30.7 Å². The summed E-state index contributed by atoms with van der Waals surface area (Å²) in [7, 11) is 0. The van der Waals surface area contributed by atoms with Gasteiger partial charge in [-0.1, -0.05) is 85.8 Å². The Morgan fingerprint density at radius 3 is 2.24 bits per heavy atom. The van der Waals surface area contributed by atoms with Gasteiger partial charge in [0.05, 0.1) is 19.1 Å². The quantitative estimate of drug-likeness (QED) is 0.155. The van der Waals surface area contributed by atoms with Crippen LogP contribution < -0.4 is 16.0 Å². The maximum Gasteiger partial charge on any atom is 0.270 e. The average Bonchev–Trinajstić information content (AvgIpc) is 3.63. The number of ketones is 1. The van der Waals surface area contributed by atoms with E-state index in [4.69, 9.17) is 4.74 Å². The van der Waals surface area contributed by atoms with Crippen LogP contribution in [0.1, 0.15) is 63.0 Å². The summed E-state index contributed by atoms with van der Waals surface area (Å²) < 4.78 is 5.42. The number of aromatic nitrogens is 1. The van der Waals surface area contributed by atoms with Gasteiger partial charge >= 0.3 is 0 Å². The van der Waals surface area contributed by atoms with E-state index in [0.717, 1.165) is 22.5 Å².